The van der Waals surface area contributed by atoms with Crippen LogP contribution in [0.15, 0.2) is 72.4 Å². The number of benzene rings is 2. The Balaban J connectivity index is 1.51. The van der Waals surface area contributed by atoms with E-state index in [0.717, 1.165) is 27.5 Å². The van der Waals surface area contributed by atoms with E-state index in [1.165, 1.54) is 0 Å². The fraction of sp³-hybridized carbons (Fsp3) is 0.0526. The summed E-state index contributed by atoms with van der Waals surface area (Å²) in [5.74, 6) is 0. The maximum Gasteiger partial charge on any atom is 0.319 e. The molecule has 124 valence electrons. The Kier molecular flexibility index (Phi) is 4.18. The first kappa shape index (κ1) is 15.4. The van der Waals surface area contributed by atoms with Gasteiger partial charge in [0, 0.05) is 29.9 Å². The second-order valence-corrected chi connectivity index (χ2v) is 6.43. The van der Waals surface area contributed by atoms with Crippen LogP contribution in [0.1, 0.15) is 5.56 Å². The highest BCUT2D eigenvalue weighted by Crippen LogP contribution is 2.28. The molecule has 25 heavy (non-hydrogen) atoms. The van der Waals surface area contributed by atoms with Gasteiger partial charge < -0.3 is 10.6 Å². The third-order valence-electron chi connectivity index (χ3n) is 3.84. The van der Waals surface area contributed by atoms with Gasteiger partial charge in [0.05, 0.1) is 11.4 Å². The number of amides is 2. The van der Waals surface area contributed by atoms with Gasteiger partial charge in [-0.15, -0.1) is 11.3 Å². The largest absolute Gasteiger partial charge is 0.334 e. The van der Waals surface area contributed by atoms with Crippen LogP contribution in [0.2, 0.25) is 0 Å². The SMILES string of the molecule is O=C(NCc1ccccc1)Nc1ccccc1-c1cn2ccsc2n1. The number of para-hydroxylation sites is 1. The van der Waals surface area contributed by atoms with Crippen molar-refractivity contribution < 1.29 is 4.79 Å². The van der Waals surface area contributed by atoms with Gasteiger partial charge in [0.25, 0.3) is 0 Å². The van der Waals surface area contributed by atoms with Crippen molar-refractivity contribution in [3.8, 4) is 11.3 Å². The molecule has 0 saturated carbocycles. The van der Waals surface area contributed by atoms with Gasteiger partial charge in [0.1, 0.15) is 0 Å². The number of fused-ring (bicyclic) bond motifs is 1. The summed E-state index contributed by atoms with van der Waals surface area (Å²) >= 11 is 1.58. The molecule has 6 heteroatoms. The quantitative estimate of drug-likeness (QED) is 0.575. The smallest absolute Gasteiger partial charge is 0.319 e. The number of nitrogens with zero attached hydrogens (tertiary/aromatic N) is 2. The van der Waals surface area contributed by atoms with Crippen molar-refractivity contribution in [2.45, 2.75) is 6.54 Å². The number of carbonyl (C=O) groups is 1. The molecule has 0 unspecified atom stereocenters. The Bertz CT molecular complexity index is 978. The van der Waals surface area contributed by atoms with Crippen LogP contribution in [-0.4, -0.2) is 15.4 Å². The first-order valence-electron chi connectivity index (χ1n) is 7.90. The number of anilines is 1. The third-order valence-corrected chi connectivity index (χ3v) is 4.61. The second-order valence-electron chi connectivity index (χ2n) is 5.56. The van der Waals surface area contributed by atoms with Crippen LogP contribution in [0, 0.1) is 0 Å². The highest BCUT2D eigenvalue weighted by atomic mass is 32.1. The van der Waals surface area contributed by atoms with E-state index in [9.17, 15) is 4.79 Å². The lowest BCUT2D eigenvalue weighted by Crippen LogP contribution is -2.28. The molecule has 0 fully saturated rings. The van der Waals surface area contributed by atoms with Crippen LogP contribution < -0.4 is 10.6 Å². The van der Waals surface area contributed by atoms with Crippen molar-refractivity contribution >= 4 is 28.0 Å². The monoisotopic (exact) mass is 348 g/mol. The van der Waals surface area contributed by atoms with Gasteiger partial charge in [-0.05, 0) is 11.6 Å². The number of aromatic nitrogens is 2. The minimum absolute atomic E-state index is 0.239. The first-order chi connectivity index (χ1) is 12.3. The third kappa shape index (κ3) is 3.39. The summed E-state index contributed by atoms with van der Waals surface area (Å²) in [5.41, 5.74) is 3.53. The Labute approximate surface area is 149 Å². The van der Waals surface area contributed by atoms with E-state index in [-0.39, 0.29) is 6.03 Å². The molecule has 0 aliphatic carbocycles. The average molecular weight is 348 g/mol. The normalized spacial score (nSPS) is 10.7. The van der Waals surface area contributed by atoms with Crippen molar-refractivity contribution in [1.29, 1.82) is 0 Å². The fourth-order valence-electron chi connectivity index (χ4n) is 2.62. The van der Waals surface area contributed by atoms with Crippen molar-refractivity contribution in [3.05, 3.63) is 77.9 Å². The van der Waals surface area contributed by atoms with Crippen LogP contribution in [0.5, 0.6) is 0 Å². The Morgan fingerprint density at radius 1 is 1.08 bits per heavy atom. The lowest BCUT2D eigenvalue weighted by Gasteiger charge is -2.11. The number of nitrogens with one attached hydrogen (secondary N) is 2. The molecule has 2 N–H and O–H groups in total. The van der Waals surface area contributed by atoms with Gasteiger partial charge in [-0.25, -0.2) is 9.78 Å². The molecule has 0 spiro atoms. The molecule has 2 heterocycles. The molecule has 0 atom stereocenters. The maximum absolute atomic E-state index is 12.2. The summed E-state index contributed by atoms with van der Waals surface area (Å²) in [6.07, 6.45) is 3.94. The van der Waals surface area contributed by atoms with E-state index in [4.69, 9.17) is 0 Å². The maximum atomic E-state index is 12.2. The highest BCUT2D eigenvalue weighted by Gasteiger charge is 2.11. The minimum Gasteiger partial charge on any atom is -0.334 e. The van der Waals surface area contributed by atoms with Crippen LogP contribution in [0.25, 0.3) is 16.2 Å². The number of hydrogen-bond donors (Lipinski definition) is 2. The summed E-state index contributed by atoms with van der Waals surface area (Å²) in [7, 11) is 0. The number of rotatable bonds is 4. The highest BCUT2D eigenvalue weighted by molar-refractivity contribution is 7.15. The molecule has 0 aliphatic rings. The van der Waals surface area contributed by atoms with E-state index in [1.807, 2.05) is 76.8 Å². The first-order valence-corrected chi connectivity index (χ1v) is 8.78. The Morgan fingerprint density at radius 2 is 1.88 bits per heavy atom. The number of urea groups is 1. The summed E-state index contributed by atoms with van der Waals surface area (Å²) in [6.45, 7) is 0.481. The second kappa shape index (κ2) is 6.78. The molecule has 0 saturated heterocycles. The van der Waals surface area contributed by atoms with E-state index in [1.54, 1.807) is 11.3 Å². The van der Waals surface area contributed by atoms with Gasteiger partial charge in [0.15, 0.2) is 4.96 Å². The van der Waals surface area contributed by atoms with E-state index < -0.39 is 0 Å². The van der Waals surface area contributed by atoms with Crippen molar-refractivity contribution in [2.24, 2.45) is 0 Å². The summed E-state index contributed by atoms with van der Waals surface area (Å²) in [4.78, 5) is 17.8. The number of hydrogen-bond acceptors (Lipinski definition) is 3. The zero-order valence-corrected chi connectivity index (χ0v) is 14.2. The molecule has 4 aromatic rings. The molecule has 2 aromatic carbocycles. The predicted molar refractivity (Wildman–Crippen MR) is 101 cm³/mol. The molecule has 0 aliphatic heterocycles. The lowest BCUT2D eigenvalue weighted by atomic mass is 10.1. The van der Waals surface area contributed by atoms with Gasteiger partial charge in [-0.1, -0.05) is 48.5 Å². The molecule has 0 radical (unpaired) electrons. The number of thiazole rings is 1. The standard InChI is InChI=1S/C19H16N4OS/c24-18(20-12-14-6-2-1-3-7-14)21-16-9-5-4-8-15(16)17-13-23-10-11-25-19(23)22-17/h1-11,13H,12H2,(H2,20,21,24). The zero-order chi connectivity index (χ0) is 17.1. The van der Waals surface area contributed by atoms with Gasteiger partial charge in [0.2, 0.25) is 0 Å². The van der Waals surface area contributed by atoms with Crippen molar-refractivity contribution in [2.75, 3.05) is 5.32 Å². The topological polar surface area (TPSA) is 58.4 Å². The number of carbonyl (C=O) groups excluding carboxylic acids is 1. The van der Waals surface area contributed by atoms with Crippen LogP contribution in [0.4, 0.5) is 10.5 Å². The molecule has 4 rings (SSSR count). The molecule has 2 aromatic heterocycles. The van der Waals surface area contributed by atoms with E-state index in [0.29, 0.717) is 6.54 Å². The zero-order valence-electron chi connectivity index (χ0n) is 13.3. The van der Waals surface area contributed by atoms with Gasteiger partial charge in [-0.2, -0.15) is 0 Å². The Morgan fingerprint density at radius 3 is 2.72 bits per heavy atom. The van der Waals surface area contributed by atoms with Gasteiger partial charge in [-0.3, -0.25) is 4.40 Å². The van der Waals surface area contributed by atoms with Gasteiger partial charge >= 0.3 is 6.03 Å². The minimum atomic E-state index is -0.239. The molecule has 5 nitrogen and oxygen atoms in total. The summed E-state index contributed by atoms with van der Waals surface area (Å²) in [5, 5.41) is 7.79. The predicted octanol–water partition coefficient (Wildman–Crippen LogP) is 4.38. The van der Waals surface area contributed by atoms with Crippen LogP contribution in [0.3, 0.4) is 0 Å². The van der Waals surface area contributed by atoms with E-state index >= 15 is 0 Å². The molecule has 2 amide bonds. The lowest BCUT2D eigenvalue weighted by molar-refractivity contribution is 0.252. The average Bonchev–Trinajstić information content (AvgIpc) is 3.23. The van der Waals surface area contributed by atoms with E-state index in [2.05, 4.69) is 15.6 Å². The van der Waals surface area contributed by atoms with Crippen LogP contribution >= 0.6 is 11.3 Å². The van der Waals surface area contributed by atoms with Crippen molar-refractivity contribution in [3.63, 3.8) is 0 Å². The fourth-order valence-corrected chi connectivity index (χ4v) is 3.32. The molecular weight excluding hydrogens is 332 g/mol. The van der Waals surface area contributed by atoms with Crippen molar-refractivity contribution in [1.82, 2.24) is 14.7 Å². The number of imidazole rings is 1. The van der Waals surface area contributed by atoms with Crippen LogP contribution in [-0.2, 0) is 6.54 Å². The molecule has 0 bridgehead atoms. The summed E-state index contributed by atoms with van der Waals surface area (Å²) < 4.78 is 1.98. The Hall–Kier alpha value is -3.12. The molecular formula is C19H16N4OS. The summed E-state index contributed by atoms with van der Waals surface area (Å²) in [6, 6.07) is 17.3.